The summed E-state index contributed by atoms with van der Waals surface area (Å²) in [6, 6.07) is 0.164. The van der Waals surface area contributed by atoms with Crippen molar-refractivity contribution in [1.29, 1.82) is 0 Å². The Morgan fingerprint density at radius 2 is 1.90 bits per heavy atom. The summed E-state index contributed by atoms with van der Waals surface area (Å²) in [6.07, 6.45) is 0.576. The molecule has 6 nitrogen and oxygen atoms in total. The summed E-state index contributed by atoms with van der Waals surface area (Å²) in [5.41, 5.74) is -0.471. The van der Waals surface area contributed by atoms with Crippen molar-refractivity contribution < 1.29 is 14.3 Å². The van der Waals surface area contributed by atoms with Gasteiger partial charge in [-0.2, -0.15) is 0 Å². The summed E-state index contributed by atoms with van der Waals surface area (Å²) >= 11 is 0. The number of nitrogens with zero attached hydrogens (tertiary/aromatic N) is 2. The molecule has 1 rings (SSSR count). The average molecular weight is 299 g/mol. The van der Waals surface area contributed by atoms with E-state index in [0.717, 1.165) is 19.5 Å². The Kier molecular flexibility index (Phi) is 6.45. The molecule has 21 heavy (non-hydrogen) atoms. The van der Waals surface area contributed by atoms with Crippen molar-refractivity contribution in [1.82, 2.24) is 15.1 Å². The van der Waals surface area contributed by atoms with Gasteiger partial charge in [0.15, 0.2) is 0 Å². The number of likely N-dealkylation sites (tertiary alicyclic amines) is 1. The van der Waals surface area contributed by atoms with Crippen molar-refractivity contribution >= 4 is 12.0 Å². The smallest absolute Gasteiger partial charge is 0.410 e. The third-order valence-electron chi connectivity index (χ3n) is 3.50. The minimum Gasteiger partial charge on any atom is -0.444 e. The second-order valence-electron chi connectivity index (χ2n) is 6.36. The molecule has 1 fully saturated rings. The summed E-state index contributed by atoms with van der Waals surface area (Å²) in [4.78, 5) is 27.4. The van der Waals surface area contributed by atoms with Gasteiger partial charge in [-0.25, -0.2) is 4.79 Å². The zero-order valence-electron chi connectivity index (χ0n) is 13.9. The molecule has 1 heterocycles. The Morgan fingerprint density at radius 1 is 1.29 bits per heavy atom. The van der Waals surface area contributed by atoms with E-state index >= 15 is 0 Å². The third kappa shape index (κ3) is 5.91. The molecule has 1 aliphatic rings. The minimum absolute atomic E-state index is 0.107. The van der Waals surface area contributed by atoms with Gasteiger partial charge in [-0.05, 0) is 41.0 Å². The second-order valence-corrected chi connectivity index (χ2v) is 6.36. The Morgan fingerprint density at radius 3 is 2.43 bits per heavy atom. The van der Waals surface area contributed by atoms with Gasteiger partial charge in [0.1, 0.15) is 5.60 Å². The van der Waals surface area contributed by atoms with E-state index in [1.807, 2.05) is 34.6 Å². The van der Waals surface area contributed by atoms with Gasteiger partial charge in [0.05, 0.1) is 6.54 Å². The molecule has 0 bridgehead atoms. The fourth-order valence-electron chi connectivity index (χ4n) is 2.34. The largest absolute Gasteiger partial charge is 0.444 e. The van der Waals surface area contributed by atoms with Crippen LogP contribution in [0.4, 0.5) is 4.79 Å². The van der Waals surface area contributed by atoms with Crippen molar-refractivity contribution in [2.24, 2.45) is 0 Å². The van der Waals surface area contributed by atoms with E-state index in [2.05, 4.69) is 5.32 Å². The average Bonchev–Trinajstić information content (AvgIpc) is 2.84. The Hall–Kier alpha value is -1.30. The van der Waals surface area contributed by atoms with Gasteiger partial charge in [-0.1, -0.05) is 0 Å². The highest BCUT2D eigenvalue weighted by Crippen LogP contribution is 2.15. The van der Waals surface area contributed by atoms with Crippen LogP contribution in [0.3, 0.4) is 0 Å². The summed E-state index contributed by atoms with van der Waals surface area (Å²) in [5, 5.41) is 3.24. The molecule has 0 aromatic rings. The first-order valence-electron chi connectivity index (χ1n) is 7.76. The van der Waals surface area contributed by atoms with Crippen molar-refractivity contribution in [3.8, 4) is 0 Å². The molecule has 0 aliphatic carbocycles. The molecule has 6 heteroatoms. The van der Waals surface area contributed by atoms with Crippen LogP contribution in [0.25, 0.3) is 0 Å². The molecular formula is C15H29N3O3. The van der Waals surface area contributed by atoms with E-state index in [-0.39, 0.29) is 18.0 Å². The molecule has 0 aromatic carbocycles. The number of rotatable bonds is 5. The van der Waals surface area contributed by atoms with Crippen LogP contribution in [0.15, 0.2) is 0 Å². The highest BCUT2D eigenvalue weighted by atomic mass is 16.6. The van der Waals surface area contributed by atoms with Gasteiger partial charge in [-0.15, -0.1) is 0 Å². The maximum atomic E-state index is 11.9. The monoisotopic (exact) mass is 299 g/mol. The Balaban J connectivity index is 2.35. The number of hydrogen-bond acceptors (Lipinski definition) is 4. The topological polar surface area (TPSA) is 61.9 Å². The van der Waals surface area contributed by atoms with Gasteiger partial charge in [0.2, 0.25) is 5.91 Å². The fourth-order valence-corrected chi connectivity index (χ4v) is 2.34. The Bertz CT molecular complexity index is 362. The summed E-state index contributed by atoms with van der Waals surface area (Å²) in [5.74, 6) is 0.107. The lowest BCUT2D eigenvalue weighted by Crippen LogP contribution is -2.43. The van der Waals surface area contributed by atoms with E-state index < -0.39 is 5.60 Å². The number of carbonyl (C=O) groups is 2. The molecule has 1 aliphatic heterocycles. The predicted octanol–water partition coefficient (Wildman–Crippen LogP) is 1.45. The highest BCUT2D eigenvalue weighted by Gasteiger charge is 2.29. The van der Waals surface area contributed by atoms with Crippen molar-refractivity contribution in [2.45, 2.75) is 52.7 Å². The van der Waals surface area contributed by atoms with E-state index in [0.29, 0.717) is 19.6 Å². The van der Waals surface area contributed by atoms with Crippen LogP contribution in [0.1, 0.15) is 41.0 Å². The number of carbonyl (C=O) groups excluding carboxylic acids is 2. The van der Waals surface area contributed by atoms with Gasteiger partial charge in [0, 0.05) is 32.2 Å². The SMILES string of the molecule is CCN(CC)C(=O)CNC1CCN(C(=O)OC(C)(C)C)C1. The predicted molar refractivity (Wildman–Crippen MR) is 82.1 cm³/mol. The molecule has 1 saturated heterocycles. The van der Waals surface area contributed by atoms with Crippen LogP contribution in [-0.4, -0.2) is 66.2 Å². The summed E-state index contributed by atoms with van der Waals surface area (Å²) in [6.45, 7) is 12.6. The molecule has 0 saturated carbocycles. The van der Waals surface area contributed by atoms with Crippen molar-refractivity contribution in [3.05, 3.63) is 0 Å². The first-order valence-corrected chi connectivity index (χ1v) is 7.76. The minimum atomic E-state index is -0.471. The lowest BCUT2D eigenvalue weighted by molar-refractivity contribution is -0.129. The highest BCUT2D eigenvalue weighted by molar-refractivity contribution is 5.78. The molecule has 1 unspecified atom stereocenters. The number of ether oxygens (including phenoxy) is 1. The maximum Gasteiger partial charge on any atom is 0.410 e. The van der Waals surface area contributed by atoms with Crippen LogP contribution >= 0.6 is 0 Å². The molecular weight excluding hydrogens is 270 g/mol. The van der Waals surface area contributed by atoms with Crippen LogP contribution in [0, 0.1) is 0 Å². The third-order valence-corrected chi connectivity index (χ3v) is 3.50. The standard InChI is InChI=1S/C15H29N3O3/c1-6-17(7-2)13(19)10-16-12-8-9-18(11-12)14(20)21-15(3,4)5/h12,16H,6-11H2,1-5H3. The van der Waals surface area contributed by atoms with Gasteiger partial charge in [-0.3, -0.25) is 4.79 Å². The molecule has 0 spiro atoms. The van der Waals surface area contributed by atoms with Gasteiger partial charge >= 0.3 is 6.09 Å². The molecule has 0 radical (unpaired) electrons. The van der Waals surface area contributed by atoms with Crippen LogP contribution in [0.2, 0.25) is 0 Å². The van der Waals surface area contributed by atoms with Crippen LogP contribution < -0.4 is 5.32 Å². The quantitative estimate of drug-likeness (QED) is 0.835. The number of hydrogen-bond donors (Lipinski definition) is 1. The van der Waals surface area contributed by atoms with Gasteiger partial charge in [0.25, 0.3) is 0 Å². The molecule has 122 valence electrons. The van der Waals surface area contributed by atoms with E-state index in [1.54, 1.807) is 9.80 Å². The summed E-state index contributed by atoms with van der Waals surface area (Å²) in [7, 11) is 0. The number of nitrogens with one attached hydrogen (secondary N) is 1. The van der Waals surface area contributed by atoms with Crippen molar-refractivity contribution in [3.63, 3.8) is 0 Å². The first-order chi connectivity index (χ1) is 9.76. The zero-order chi connectivity index (χ0) is 16.0. The Labute approximate surface area is 127 Å². The van der Waals surface area contributed by atoms with E-state index in [9.17, 15) is 9.59 Å². The number of amides is 2. The van der Waals surface area contributed by atoms with Crippen molar-refractivity contribution in [2.75, 3.05) is 32.7 Å². The van der Waals surface area contributed by atoms with Crippen LogP contribution in [-0.2, 0) is 9.53 Å². The molecule has 1 atom stereocenters. The summed E-state index contributed by atoms with van der Waals surface area (Å²) < 4.78 is 5.35. The normalized spacial score (nSPS) is 18.7. The molecule has 0 aromatic heterocycles. The number of likely N-dealkylation sites (N-methyl/N-ethyl adjacent to an activating group) is 1. The first kappa shape index (κ1) is 17.8. The van der Waals surface area contributed by atoms with E-state index in [4.69, 9.17) is 4.74 Å². The van der Waals surface area contributed by atoms with E-state index in [1.165, 1.54) is 0 Å². The zero-order valence-corrected chi connectivity index (χ0v) is 13.9. The second kappa shape index (κ2) is 7.64. The van der Waals surface area contributed by atoms with Gasteiger partial charge < -0.3 is 19.9 Å². The fraction of sp³-hybridized carbons (Fsp3) is 0.867. The lowest BCUT2D eigenvalue weighted by atomic mass is 10.2. The maximum absolute atomic E-state index is 11.9. The molecule has 1 N–H and O–H groups in total. The lowest BCUT2D eigenvalue weighted by Gasteiger charge is -2.24. The molecule has 2 amide bonds. The van der Waals surface area contributed by atoms with Crippen LogP contribution in [0.5, 0.6) is 0 Å².